The maximum atomic E-state index is 10.3. The summed E-state index contributed by atoms with van der Waals surface area (Å²) in [7, 11) is 0. The van der Waals surface area contributed by atoms with Gasteiger partial charge in [-0.1, -0.05) is 31.2 Å². The van der Waals surface area contributed by atoms with E-state index in [2.05, 4.69) is 6.92 Å². The molecule has 2 rings (SSSR count). The van der Waals surface area contributed by atoms with Crippen molar-refractivity contribution in [1.82, 2.24) is 0 Å². The summed E-state index contributed by atoms with van der Waals surface area (Å²) >= 11 is 0. The highest BCUT2D eigenvalue weighted by Crippen LogP contribution is 2.24. The molecule has 3 nitrogen and oxygen atoms in total. The molecule has 2 aromatic carbocycles. The molecule has 0 aromatic heterocycles. The molecule has 3 N–H and O–H groups in total. The highest BCUT2D eigenvalue weighted by atomic mass is 16.5. The van der Waals surface area contributed by atoms with Crippen molar-refractivity contribution in [1.29, 1.82) is 0 Å². The second-order valence-corrected chi connectivity index (χ2v) is 4.49. The number of benzene rings is 2. The van der Waals surface area contributed by atoms with E-state index in [0.717, 1.165) is 23.3 Å². The van der Waals surface area contributed by atoms with Crippen LogP contribution in [0.3, 0.4) is 0 Å². The van der Waals surface area contributed by atoms with E-state index >= 15 is 0 Å². The molecule has 3 heteroatoms. The topological polar surface area (TPSA) is 55.5 Å². The molecule has 0 fully saturated rings. The van der Waals surface area contributed by atoms with E-state index < -0.39 is 6.10 Å². The predicted molar refractivity (Wildman–Crippen MR) is 77.1 cm³/mol. The zero-order valence-electron chi connectivity index (χ0n) is 11.0. The SMILES string of the molecule is CCCOc1ccc(C(O)c2ccc(N)cc2)cc1. The van der Waals surface area contributed by atoms with Crippen LogP contribution in [0.2, 0.25) is 0 Å². The molecular formula is C16H19NO2. The normalized spacial score (nSPS) is 12.1. The average Bonchev–Trinajstić information content (AvgIpc) is 2.46. The Labute approximate surface area is 113 Å². The molecule has 0 radical (unpaired) electrons. The van der Waals surface area contributed by atoms with Crippen molar-refractivity contribution in [2.24, 2.45) is 0 Å². The van der Waals surface area contributed by atoms with Gasteiger partial charge >= 0.3 is 0 Å². The molecule has 0 spiro atoms. The molecular weight excluding hydrogens is 238 g/mol. The molecule has 0 saturated carbocycles. The number of hydrogen-bond donors (Lipinski definition) is 2. The van der Waals surface area contributed by atoms with Gasteiger partial charge in [-0.2, -0.15) is 0 Å². The molecule has 100 valence electrons. The third-order valence-corrected chi connectivity index (χ3v) is 2.92. The number of rotatable bonds is 5. The van der Waals surface area contributed by atoms with Crippen LogP contribution in [0.5, 0.6) is 5.75 Å². The summed E-state index contributed by atoms with van der Waals surface area (Å²) in [5, 5.41) is 10.3. The first kappa shape index (κ1) is 13.4. The summed E-state index contributed by atoms with van der Waals surface area (Å²) in [5.74, 6) is 0.829. The smallest absolute Gasteiger partial charge is 0.119 e. The highest BCUT2D eigenvalue weighted by molar-refractivity contribution is 5.42. The molecule has 19 heavy (non-hydrogen) atoms. The molecule has 0 aliphatic rings. The van der Waals surface area contributed by atoms with Crippen LogP contribution in [0.15, 0.2) is 48.5 Å². The third-order valence-electron chi connectivity index (χ3n) is 2.92. The van der Waals surface area contributed by atoms with Crippen molar-refractivity contribution < 1.29 is 9.84 Å². The Morgan fingerprint density at radius 2 is 1.53 bits per heavy atom. The van der Waals surface area contributed by atoms with Crippen LogP contribution in [0.4, 0.5) is 5.69 Å². The maximum Gasteiger partial charge on any atom is 0.119 e. The molecule has 2 aromatic rings. The lowest BCUT2D eigenvalue weighted by Crippen LogP contribution is -2.00. The maximum absolute atomic E-state index is 10.3. The van der Waals surface area contributed by atoms with Crippen LogP contribution in [0.25, 0.3) is 0 Å². The van der Waals surface area contributed by atoms with Gasteiger partial charge in [0.2, 0.25) is 0 Å². The van der Waals surface area contributed by atoms with E-state index in [1.807, 2.05) is 36.4 Å². The fourth-order valence-electron chi connectivity index (χ4n) is 1.84. The first-order valence-corrected chi connectivity index (χ1v) is 6.47. The van der Waals surface area contributed by atoms with Crippen molar-refractivity contribution in [3.8, 4) is 5.75 Å². The number of hydrogen-bond acceptors (Lipinski definition) is 3. The molecule has 0 aliphatic carbocycles. The Morgan fingerprint density at radius 1 is 1.00 bits per heavy atom. The van der Waals surface area contributed by atoms with Gasteiger partial charge in [-0.25, -0.2) is 0 Å². The largest absolute Gasteiger partial charge is 0.494 e. The summed E-state index contributed by atoms with van der Waals surface area (Å²) in [6.07, 6.45) is 0.344. The van der Waals surface area contributed by atoms with Crippen LogP contribution in [0, 0.1) is 0 Å². The number of anilines is 1. The minimum atomic E-state index is -0.638. The summed E-state index contributed by atoms with van der Waals surface area (Å²) < 4.78 is 5.51. The standard InChI is InChI=1S/C16H19NO2/c1-2-11-19-15-9-5-13(6-10-15)16(18)12-3-7-14(17)8-4-12/h3-10,16,18H,2,11,17H2,1H3. The molecule has 0 amide bonds. The summed E-state index contributed by atoms with van der Waals surface area (Å²) in [5.41, 5.74) is 8.00. The number of nitrogen functional groups attached to an aromatic ring is 1. The summed E-state index contributed by atoms with van der Waals surface area (Å²) in [6.45, 7) is 2.78. The van der Waals surface area contributed by atoms with E-state index in [1.165, 1.54) is 0 Å². The molecule has 1 unspecified atom stereocenters. The van der Waals surface area contributed by atoms with Crippen molar-refractivity contribution >= 4 is 5.69 Å². The lowest BCUT2D eigenvalue weighted by atomic mass is 10.0. The monoisotopic (exact) mass is 257 g/mol. The van der Waals surface area contributed by atoms with Crippen molar-refractivity contribution in [3.05, 3.63) is 59.7 Å². The Bertz CT molecular complexity index is 505. The second kappa shape index (κ2) is 6.25. The highest BCUT2D eigenvalue weighted by Gasteiger charge is 2.10. The fraction of sp³-hybridized carbons (Fsp3) is 0.250. The Hall–Kier alpha value is -2.00. The molecule has 0 saturated heterocycles. The van der Waals surface area contributed by atoms with Crippen LogP contribution >= 0.6 is 0 Å². The van der Waals surface area contributed by atoms with Crippen molar-refractivity contribution in [3.63, 3.8) is 0 Å². The van der Waals surface area contributed by atoms with E-state index in [1.54, 1.807) is 12.1 Å². The minimum absolute atomic E-state index is 0.638. The van der Waals surface area contributed by atoms with Gasteiger partial charge in [0.05, 0.1) is 6.61 Å². The zero-order valence-corrected chi connectivity index (χ0v) is 11.0. The van der Waals surface area contributed by atoms with Crippen LogP contribution in [-0.4, -0.2) is 11.7 Å². The van der Waals surface area contributed by atoms with E-state index in [-0.39, 0.29) is 0 Å². The third kappa shape index (κ3) is 3.48. The lowest BCUT2D eigenvalue weighted by Gasteiger charge is -2.12. The molecule has 0 heterocycles. The average molecular weight is 257 g/mol. The van der Waals surface area contributed by atoms with Crippen molar-refractivity contribution in [2.75, 3.05) is 12.3 Å². The Kier molecular flexibility index (Phi) is 4.42. The first-order valence-electron chi connectivity index (χ1n) is 6.47. The first-order chi connectivity index (χ1) is 9.20. The number of aliphatic hydroxyl groups excluding tert-OH is 1. The van der Waals surface area contributed by atoms with Gasteiger partial charge in [-0.15, -0.1) is 0 Å². The second-order valence-electron chi connectivity index (χ2n) is 4.49. The van der Waals surface area contributed by atoms with E-state index in [0.29, 0.717) is 12.3 Å². The van der Waals surface area contributed by atoms with Gasteiger partial charge in [0, 0.05) is 5.69 Å². The molecule has 0 bridgehead atoms. The van der Waals surface area contributed by atoms with E-state index in [4.69, 9.17) is 10.5 Å². The van der Waals surface area contributed by atoms with Gasteiger partial charge in [0.25, 0.3) is 0 Å². The fourth-order valence-corrected chi connectivity index (χ4v) is 1.84. The number of aliphatic hydroxyl groups is 1. The number of nitrogens with two attached hydrogens (primary N) is 1. The van der Waals surface area contributed by atoms with Gasteiger partial charge in [0.1, 0.15) is 11.9 Å². The number of ether oxygens (including phenoxy) is 1. The van der Waals surface area contributed by atoms with Crippen molar-refractivity contribution in [2.45, 2.75) is 19.4 Å². The van der Waals surface area contributed by atoms with Gasteiger partial charge in [-0.3, -0.25) is 0 Å². The van der Waals surface area contributed by atoms with E-state index in [9.17, 15) is 5.11 Å². The van der Waals surface area contributed by atoms with Crippen LogP contribution < -0.4 is 10.5 Å². The van der Waals surface area contributed by atoms with Gasteiger partial charge in [0.15, 0.2) is 0 Å². The summed E-state index contributed by atoms with van der Waals surface area (Å²) in [6, 6.07) is 14.8. The minimum Gasteiger partial charge on any atom is -0.494 e. The van der Waals surface area contributed by atoms with Gasteiger partial charge in [-0.05, 0) is 41.8 Å². The van der Waals surface area contributed by atoms with Crippen LogP contribution in [0.1, 0.15) is 30.6 Å². The Balaban J connectivity index is 2.10. The quantitative estimate of drug-likeness (QED) is 0.809. The van der Waals surface area contributed by atoms with Crippen LogP contribution in [-0.2, 0) is 0 Å². The zero-order chi connectivity index (χ0) is 13.7. The molecule has 0 aliphatic heterocycles. The Morgan fingerprint density at radius 3 is 2.05 bits per heavy atom. The summed E-state index contributed by atoms with van der Waals surface area (Å²) in [4.78, 5) is 0. The lowest BCUT2D eigenvalue weighted by molar-refractivity contribution is 0.220. The predicted octanol–water partition coefficient (Wildman–Crippen LogP) is 3.14. The van der Waals surface area contributed by atoms with Gasteiger partial charge < -0.3 is 15.6 Å². The molecule has 1 atom stereocenters.